The van der Waals surface area contributed by atoms with Crippen LogP contribution in [-0.2, 0) is 0 Å². The molecule has 1 aliphatic carbocycles. The van der Waals surface area contributed by atoms with Crippen LogP contribution in [0.15, 0.2) is 17.1 Å². The Hall–Kier alpha value is -2.68. The predicted molar refractivity (Wildman–Crippen MR) is 106 cm³/mol. The van der Waals surface area contributed by atoms with E-state index in [4.69, 9.17) is 5.11 Å². The van der Waals surface area contributed by atoms with E-state index in [1.54, 1.807) is 4.57 Å². The summed E-state index contributed by atoms with van der Waals surface area (Å²) in [6.07, 6.45) is 2.51. The number of hydrogen-bond acceptors (Lipinski definition) is 6. The van der Waals surface area contributed by atoms with Gasteiger partial charge in [0.25, 0.3) is 0 Å². The van der Waals surface area contributed by atoms with Crippen LogP contribution in [0.3, 0.4) is 0 Å². The molecule has 8 nitrogen and oxygen atoms in total. The highest BCUT2D eigenvalue weighted by atomic mass is 19.1. The quantitative estimate of drug-likeness (QED) is 0.767. The predicted octanol–water partition coefficient (Wildman–Crippen LogP) is 2.71. The zero-order chi connectivity index (χ0) is 20.9. The van der Waals surface area contributed by atoms with Crippen molar-refractivity contribution in [2.75, 3.05) is 38.6 Å². The SMILES string of the molecule is CN(C)CC1(C)CCN(c2nc3c(cc2F)c(=O)c(OC(=O)O)cn3C2CC2)C1. The number of ether oxygens (including phenoxy) is 1. The van der Waals surface area contributed by atoms with Crippen molar-refractivity contribution in [3.8, 4) is 5.75 Å². The maximum absolute atomic E-state index is 15.0. The molecule has 1 unspecified atom stereocenters. The van der Waals surface area contributed by atoms with E-state index in [2.05, 4.69) is 21.5 Å². The Labute approximate surface area is 167 Å². The van der Waals surface area contributed by atoms with Crippen molar-refractivity contribution < 1.29 is 19.0 Å². The average Bonchev–Trinajstić information content (AvgIpc) is 3.39. The minimum Gasteiger partial charge on any atom is -0.449 e. The van der Waals surface area contributed by atoms with Gasteiger partial charge in [0.2, 0.25) is 5.43 Å². The summed E-state index contributed by atoms with van der Waals surface area (Å²) in [5, 5.41) is 8.93. The van der Waals surface area contributed by atoms with Gasteiger partial charge in [-0.15, -0.1) is 0 Å². The molecule has 0 bridgehead atoms. The van der Waals surface area contributed by atoms with Crippen molar-refractivity contribution in [3.05, 3.63) is 28.3 Å². The number of aromatic nitrogens is 2. The normalized spacial score (nSPS) is 21.9. The van der Waals surface area contributed by atoms with E-state index in [0.29, 0.717) is 18.7 Å². The van der Waals surface area contributed by atoms with E-state index in [1.165, 1.54) is 6.20 Å². The van der Waals surface area contributed by atoms with Crippen molar-refractivity contribution in [2.45, 2.75) is 32.2 Å². The number of carbonyl (C=O) groups is 1. The molecular formula is C20H25FN4O4. The van der Waals surface area contributed by atoms with Crippen molar-refractivity contribution in [1.29, 1.82) is 0 Å². The van der Waals surface area contributed by atoms with Gasteiger partial charge in [-0.05, 0) is 44.8 Å². The lowest BCUT2D eigenvalue weighted by Crippen LogP contribution is -2.34. The second-order valence-electron chi connectivity index (χ2n) is 8.71. The molecule has 156 valence electrons. The molecule has 1 saturated heterocycles. The molecular weight excluding hydrogens is 379 g/mol. The first-order valence-corrected chi connectivity index (χ1v) is 9.73. The third-order valence-corrected chi connectivity index (χ3v) is 5.60. The van der Waals surface area contributed by atoms with Gasteiger partial charge in [0.05, 0.1) is 11.6 Å². The lowest BCUT2D eigenvalue weighted by Gasteiger charge is -2.28. The zero-order valence-corrected chi connectivity index (χ0v) is 16.8. The first kappa shape index (κ1) is 19.6. The third-order valence-electron chi connectivity index (χ3n) is 5.60. The second-order valence-corrected chi connectivity index (χ2v) is 8.71. The van der Waals surface area contributed by atoms with Gasteiger partial charge in [0.1, 0.15) is 5.65 Å². The Morgan fingerprint density at radius 1 is 1.45 bits per heavy atom. The number of anilines is 1. The molecule has 0 aromatic carbocycles. The smallest absolute Gasteiger partial charge is 0.449 e. The molecule has 2 fully saturated rings. The molecule has 1 aliphatic heterocycles. The van der Waals surface area contributed by atoms with Gasteiger partial charge in [0, 0.05) is 25.7 Å². The van der Waals surface area contributed by atoms with Gasteiger partial charge in [-0.3, -0.25) is 4.79 Å². The maximum Gasteiger partial charge on any atom is 0.511 e. The van der Waals surface area contributed by atoms with Crippen LogP contribution in [0.1, 0.15) is 32.2 Å². The number of rotatable bonds is 5. The van der Waals surface area contributed by atoms with Crippen LogP contribution < -0.4 is 15.1 Å². The molecule has 0 radical (unpaired) electrons. The summed E-state index contributed by atoms with van der Waals surface area (Å²) in [7, 11) is 4.04. The summed E-state index contributed by atoms with van der Waals surface area (Å²) >= 11 is 0. The van der Waals surface area contributed by atoms with Crippen molar-refractivity contribution in [2.24, 2.45) is 5.41 Å². The summed E-state index contributed by atoms with van der Waals surface area (Å²) in [6, 6.07) is 1.27. The lowest BCUT2D eigenvalue weighted by molar-refractivity contribution is 0.143. The van der Waals surface area contributed by atoms with Gasteiger partial charge in [0.15, 0.2) is 17.4 Å². The Bertz CT molecular complexity index is 1030. The van der Waals surface area contributed by atoms with E-state index >= 15 is 0 Å². The maximum atomic E-state index is 15.0. The Kier molecular flexibility index (Phi) is 4.72. The van der Waals surface area contributed by atoms with E-state index in [0.717, 1.165) is 31.9 Å². The summed E-state index contributed by atoms with van der Waals surface area (Å²) in [4.78, 5) is 32.2. The van der Waals surface area contributed by atoms with Crippen LogP contribution in [-0.4, -0.2) is 59.4 Å². The summed E-state index contributed by atoms with van der Waals surface area (Å²) in [5.74, 6) is -0.676. The van der Waals surface area contributed by atoms with Crippen LogP contribution in [0.2, 0.25) is 0 Å². The van der Waals surface area contributed by atoms with Crippen molar-refractivity contribution >= 4 is 23.0 Å². The molecule has 0 spiro atoms. The van der Waals surface area contributed by atoms with Crippen molar-refractivity contribution in [1.82, 2.24) is 14.5 Å². The van der Waals surface area contributed by atoms with Crippen LogP contribution in [0.4, 0.5) is 15.0 Å². The highest BCUT2D eigenvalue weighted by Crippen LogP contribution is 2.39. The fourth-order valence-electron chi connectivity index (χ4n) is 4.33. The van der Waals surface area contributed by atoms with Crippen molar-refractivity contribution in [3.63, 3.8) is 0 Å². The standard InChI is InChI=1S/C20H25FN4O4/c1-20(10-23(2)3)6-7-24(11-20)18-14(21)8-13-16(26)15(29-19(27)28)9-25(12-4-5-12)17(13)22-18/h8-9,12H,4-7,10-11H2,1-3H3,(H,27,28). The monoisotopic (exact) mass is 404 g/mol. The number of hydrogen-bond donors (Lipinski definition) is 1. The molecule has 1 N–H and O–H groups in total. The highest BCUT2D eigenvalue weighted by Gasteiger charge is 2.36. The van der Waals surface area contributed by atoms with Crippen LogP contribution in [0, 0.1) is 11.2 Å². The minimum absolute atomic E-state index is 0.0297. The fourth-order valence-corrected chi connectivity index (χ4v) is 4.33. The van der Waals surface area contributed by atoms with Gasteiger partial charge in [-0.25, -0.2) is 14.2 Å². The Morgan fingerprint density at radius 3 is 2.79 bits per heavy atom. The molecule has 4 rings (SSSR count). The number of halogens is 1. The molecule has 3 heterocycles. The molecule has 2 aliphatic rings. The molecule has 1 atom stereocenters. The molecule has 2 aromatic rings. The topological polar surface area (TPSA) is 87.9 Å². The van der Waals surface area contributed by atoms with E-state index in [9.17, 15) is 14.0 Å². The van der Waals surface area contributed by atoms with Gasteiger partial charge >= 0.3 is 6.16 Å². The molecule has 0 amide bonds. The molecule has 1 saturated carbocycles. The Morgan fingerprint density at radius 2 is 2.17 bits per heavy atom. The van der Waals surface area contributed by atoms with Crippen LogP contribution in [0.5, 0.6) is 5.75 Å². The zero-order valence-electron chi connectivity index (χ0n) is 16.8. The summed E-state index contributed by atoms with van der Waals surface area (Å²) < 4.78 is 21.4. The highest BCUT2D eigenvalue weighted by molar-refractivity contribution is 5.80. The number of carboxylic acid groups (broad SMARTS) is 1. The first-order chi connectivity index (χ1) is 13.7. The lowest BCUT2D eigenvalue weighted by atomic mass is 9.89. The first-order valence-electron chi connectivity index (χ1n) is 9.73. The van der Waals surface area contributed by atoms with Gasteiger partial charge in [-0.2, -0.15) is 0 Å². The molecule has 2 aromatic heterocycles. The number of pyridine rings is 2. The third kappa shape index (κ3) is 3.78. The number of fused-ring (bicyclic) bond motifs is 1. The van der Waals surface area contributed by atoms with Crippen LogP contribution in [0.25, 0.3) is 11.0 Å². The van der Waals surface area contributed by atoms with E-state index in [-0.39, 0.29) is 28.4 Å². The molecule has 9 heteroatoms. The largest absolute Gasteiger partial charge is 0.511 e. The summed E-state index contributed by atoms with van der Waals surface area (Å²) in [5.41, 5.74) is -0.272. The van der Waals surface area contributed by atoms with Gasteiger partial charge < -0.3 is 24.2 Å². The molecule has 29 heavy (non-hydrogen) atoms. The second kappa shape index (κ2) is 6.98. The van der Waals surface area contributed by atoms with E-state index in [1.807, 2.05) is 19.0 Å². The van der Waals surface area contributed by atoms with Gasteiger partial charge in [-0.1, -0.05) is 6.92 Å². The van der Waals surface area contributed by atoms with Crippen LogP contribution >= 0.6 is 0 Å². The minimum atomic E-state index is -1.58. The average molecular weight is 404 g/mol. The fraction of sp³-hybridized carbons (Fsp3) is 0.550. The Balaban J connectivity index is 1.78. The summed E-state index contributed by atoms with van der Waals surface area (Å²) in [6.45, 7) is 4.44. The van der Waals surface area contributed by atoms with E-state index < -0.39 is 17.4 Å². The number of nitrogens with zero attached hydrogens (tertiary/aromatic N) is 4.